The third-order valence-electron chi connectivity index (χ3n) is 4.60. The minimum atomic E-state index is -1.51. The summed E-state index contributed by atoms with van der Waals surface area (Å²) in [5, 5.41) is 0. The lowest BCUT2D eigenvalue weighted by Crippen LogP contribution is -2.51. The molecule has 1 aromatic rings. The van der Waals surface area contributed by atoms with Crippen molar-refractivity contribution in [1.29, 1.82) is 0 Å². The van der Waals surface area contributed by atoms with Gasteiger partial charge in [0.25, 0.3) is 0 Å². The van der Waals surface area contributed by atoms with Crippen LogP contribution in [0.4, 0.5) is 0 Å². The first kappa shape index (κ1) is 17.4. The molecule has 0 radical (unpaired) electrons. The van der Waals surface area contributed by atoms with Gasteiger partial charge in [-0.3, -0.25) is 9.59 Å². The van der Waals surface area contributed by atoms with Gasteiger partial charge in [0.2, 0.25) is 0 Å². The maximum atomic E-state index is 12.6. The Morgan fingerprint density at radius 2 is 1.78 bits per heavy atom. The van der Waals surface area contributed by atoms with Gasteiger partial charge >= 0.3 is 11.9 Å². The summed E-state index contributed by atoms with van der Waals surface area (Å²) in [6, 6.07) is 7.29. The molecule has 2 N–H and O–H groups in total. The average molecular weight is 321 g/mol. The molecular weight excluding hydrogens is 298 g/mol. The Balaban J connectivity index is 2.60. The zero-order valence-corrected chi connectivity index (χ0v) is 13.7. The van der Waals surface area contributed by atoms with Crippen LogP contribution in [0.2, 0.25) is 0 Å². The van der Waals surface area contributed by atoms with Crippen LogP contribution in [0, 0.1) is 5.41 Å². The minimum absolute atomic E-state index is 0.148. The molecule has 0 aliphatic heterocycles. The number of benzene rings is 1. The van der Waals surface area contributed by atoms with Crippen molar-refractivity contribution in [1.82, 2.24) is 0 Å². The van der Waals surface area contributed by atoms with E-state index in [2.05, 4.69) is 0 Å². The van der Waals surface area contributed by atoms with Crippen LogP contribution in [0.5, 0.6) is 0 Å². The van der Waals surface area contributed by atoms with Crippen LogP contribution in [0.25, 0.3) is 0 Å². The van der Waals surface area contributed by atoms with Gasteiger partial charge in [0.1, 0.15) is 0 Å². The maximum absolute atomic E-state index is 12.6. The number of rotatable bonds is 6. The van der Waals surface area contributed by atoms with Gasteiger partial charge in [-0.2, -0.15) is 0 Å². The Hall–Kier alpha value is -1.92. The molecule has 1 aliphatic carbocycles. The predicted octanol–water partition coefficient (Wildman–Crippen LogP) is 1.02. The Morgan fingerprint density at radius 3 is 2.35 bits per heavy atom. The lowest BCUT2D eigenvalue weighted by atomic mass is 9.68. The summed E-state index contributed by atoms with van der Waals surface area (Å²) in [4.78, 5) is 25.3. The molecule has 0 amide bonds. The highest BCUT2D eigenvalue weighted by atomic mass is 16.5. The molecular formula is C17H23NO5. The summed E-state index contributed by atoms with van der Waals surface area (Å²) in [7, 11) is 4.04. The van der Waals surface area contributed by atoms with E-state index in [9.17, 15) is 9.59 Å². The van der Waals surface area contributed by atoms with E-state index in [0.29, 0.717) is 6.42 Å². The molecule has 2 rings (SSSR count). The molecule has 2 unspecified atom stereocenters. The van der Waals surface area contributed by atoms with Crippen molar-refractivity contribution in [2.75, 3.05) is 27.9 Å². The average Bonchev–Trinajstić information content (AvgIpc) is 2.91. The van der Waals surface area contributed by atoms with Gasteiger partial charge < -0.3 is 19.9 Å². The third kappa shape index (κ3) is 2.84. The van der Waals surface area contributed by atoms with Crippen LogP contribution in [0.1, 0.15) is 23.5 Å². The van der Waals surface area contributed by atoms with E-state index in [1.54, 1.807) is 0 Å². The standard InChI is InChI=1S/C17H23NO5/c1-21-9-8-17(15(19)22-2,16(20)23-3)14-12-7-5-4-6-11(12)10-13(14)18/h4-7,13-14H,8-10,18H2,1-3H3. The van der Waals surface area contributed by atoms with E-state index in [1.165, 1.54) is 21.3 Å². The van der Waals surface area contributed by atoms with Crippen molar-refractivity contribution in [3.63, 3.8) is 0 Å². The number of ether oxygens (including phenoxy) is 3. The van der Waals surface area contributed by atoms with Gasteiger partial charge in [0.15, 0.2) is 5.41 Å². The molecule has 23 heavy (non-hydrogen) atoms. The van der Waals surface area contributed by atoms with E-state index in [4.69, 9.17) is 19.9 Å². The van der Waals surface area contributed by atoms with Crippen LogP contribution >= 0.6 is 0 Å². The zero-order chi connectivity index (χ0) is 17.0. The predicted molar refractivity (Wildman–Crippen MR) is 83.8 cm³/mol. The third-order valence-corrected chi connectivity index (χ3v) is 4.60. The minimum Gasteiger partial charge on any atom is -0.468 e. The van der Waals surface area contributed by atoms with Gasteiger partial charge in [0.05, 0.1) is 14.2 Å². The maximum Gasteiger partial charge on any atom is 0.324 e. The molecule has 0 saturated carbocycles. The number of hydrogen-bond donors (Lipinski definition) is 1. The molecule has 0 spiro atoms. The second-order valence-electron chi connectivity index (χ2n) is 5.74. The summed E-state index contributed by atoms with van der Waals surface area (Å²) in [6.07, 6.45) is 0.749. The van der Waals surface area contributed by atoms with Crippen molar-refractivity contribution in [3.8, 4) is 0 Å². The molecule has 0 saturated heterocycles. The Bertz CT molecular complexity index is 570. The van der Waals surface area contributed by atoms with Crippen molar-refractivity contribution in [3.05, 3.63) is 35.4 Å². The highest BCUT2D eigenvalue weighted by Gasteiger charge is 2.58. The molecule has 1 aliphatic rings. The molecule has 0 fully saturated rings. The molecule has 2 atom stereocenters. The highest BCUT2D eigenvalue weighted by molar-refractivity contribution is 6.01. The van der Waals surface area contributed by atoms with Gasteiger partial charge in [0, 0.05) is 25.7 Å². The van der Waals surface area contributed by atoms with E-state index in [1.807, 2.05) is 24.3 Å². The number of esters is 2. The monoisotopic (exact) mass is 321 g/mol. The van der Waals surface area contributed by atoms with Crippen molar-refractivity contribution in [2.45, 2.75) is 24.8 Å². The summed E-state index contributed by atoms with van der Waals surface area (Å²) in [6.45, 7) is 0.218. The summed E-state index contributed by atoms with van der Waals surface area (Å²) < 4.78 is 15.0. The summed E-state index contributed by atoms with van der Waals surface area (Å²) in [5.74, 6) is -1.79. The highest BCUT2D eigenvalue weighted by Crippen LogP contribution is 2.48. The number of carbonyl (C=O) groups is 2. The second-order valence-corrected chi connectivity index (χ2v) is 5.74. The Kier molecular flexibility index (Phi) is 5.38. The van der Waals surface area contributed by atoms with Gasteiger partial charge in [-0.25, -0.2) is 0 Å². The van der Waals surface area contributed by atoms with E-state index < -0.39 is 23.3 Å². The molecule has 0 bridgehead atoms. The van der Waals surface area contributed by atoms with Crippen molar-refractivity contribution < 1.29 is 23.8 Å². The van der Waals surface area contributed by atoms with Gasteiger partial charge in [-0.05, 0) is 24.0 Å². The number of carbonyl (C=O) groups excluding carboxylic acids is 2. The zero-order valence-electron chi connectivity index (χ0n) is 13.7. The SMILES string of the molecule is COCCC(C(=O)OC)(C(=O)OC)C1c2ccccc2CC1N. The second kappa shape index (κ2) is 7.10. The lowest BCUT2D eigenvalue weighted by Gasteiger charge is -2.36. The molecule has 126 valence electrons. The van der Waals surface area contributed by atoms with E-state index in [-0.39, 0.29) is 19.1 Å². The van der Waals surface area contributed by atoms with Crippen LogP contribution in [-0.2, 0) is 30.2 Å². The molecule has 0 heterocycles. The van der Waals surface area contributed by atoms with Crippen LogP contribution in [0.15, 0.2) is 24.3 Å². The largest absolute Gasteiger partial charge is 0.468 e. The van der Waals surface area contributed by atoms with Crippen molar-refractivity contribution in [2.24, 2.45) is 11.1 Å². The molecule has 6 nitrogen and oxygen atoms in total. The van der Waals surface area contributed by atoms with E-state index >= 15 is 0 Å². The topological polar surface area (TPSA) is 87.8 Å². The smallest absolute Gasteiger partial charge is 0.324 e. The Labute approximate surface area is 135 Å². The van der Waals surface area contributed by atoms with Gasteiger partial charge in [-0.1, -0.05) is 24.3 Å². The first-order valence-electron chi connectivity index (χ1n) is 7.52. The molecule has 6 heteroatoms. The van der Waals surface area contributed by atoms with Crippen molar-refractivity contribution >= 4 is 11.9 Å². The fraction of sp³-hybridized carbons (Fsp3) is 0.529. The first-order valence-corrected chi connectivity index (χ1v) is 7.52. The first-order chi connectivity index (χ1) is 11.0. The van der Waals surface area contributed by atoms with E-state index in [0.717, 1.165) is 11.1 Å². The fourth-order valence-corrected chi connectivity index (χ4v) is 3.58. The quantitative estimate of drug-likeness (QED) is 0.622. The summed E-state index contributed by atoms with van der Waals surface area (Å²) >= 11 is 0. The fourth-order valence-electron chi connectivity index (χ4n) is 3.58. The number of methoxy groups -OCH3 is 3. The van der Waals surface area contributed by atoms with Crippen LogP contribution in [-0.4, -0.2) is 45.9 Å². The number of fused-ring (bicyclic) bond motifs is 1. The number of nitrogens with two attached hydrogens (primary N) is 1. The van der Waals surface area contributed by atoms with Gasteiger partial charge in [-0.15, -0.1) is 0 Å². The summed E-state index contributed by atoms with van der Waals surface area (Å²) in [5.41, 5.74) is 6.74. The normalized spacial score (nSPS) is 20.0. The molecule has 1 aromatic carbocycles. The lowest BCUT2D eigenvalue weighted by molar-refractivity contribution is -0.173. The van der Waals surface area contributed by atoms with Crippen LogP contribution < -0.4 is 5.73 Å². The number of hydrogen-bond acceptors (Lipinski definition) is 6. The molecule has 0 aromatic heterocycles. The Morgan fingerprint density at radius 1 is 1.17 bits per heavy atom. The van der Waals surface area contributed by atoms with Crippen LogP contribution in [0.3, 0.4) is 0 Å².